The maximum absolute atomic E-state index is 11.7. The Morgan fingerprint density at radius 2 is 1.35 bits per heavy atom. The number of carbonyl (C=O) groups excluding carboxylic acids is 1. The van der Waals surface area contributed by atoms with E-state index in [0.29, 0.717) is 6.42 Å². The SMILES string of the molecule is CCCCC/C=C\C/C=C\C/C=C\C/C=C\CCCC(=O)O/C=C\c1ccc(O)cc1. The molecule has 0 saturated heterocycles. The lowest BCUT2D eigenvalue weighted by atomic mass is 10.2. The van der Waals surface area contributed by atoms with Gasteiger partial charge in [-0.25, -0.2) is 0 Å². The molecule has 0 aromatic heterocycles. The summed E-state index contributed by atoms with van der Waals surface area (Å²) in [5, 5.41) is 9.22. The van der Waals surface area contributed by atoms with Crippen LogP contribution < -0.4 is 0 Å². The zero-order valence-electron chi connectivity index (χ0n) is 18.9. The summed E-state index contributed by atoms with van der Waals surface area (Å²) >= 11 is 0. The number of carbonyl (C=O) groups is 1. The highest BCUT2D eigenvalue weighted by molar-refractivity contribution is 5.70. The van der Waals surface area contributed by atoms with Crippen LogP contribution in [0.25, 0.3) is 6.08 Å². The summed E-state index contributed by atoms with van der Waals surface area (Å²) in [5.41, 5.74) is 0.867. The van der Waals surface area contributed by atoms with Gasteiger partial charge in [-0.05, 0) is 68.7 Å². The highest BCUT2D eigenvalue weighted by Gasteiger charge is 1.99. The van der Waals surface area contributed by atoms with Crippen molar-refractivity contribution >= 4 is 12.0 Å². The molecule has 0 atom stereocenters. The Kier molecular flexibility index (Phi) is 16.2. The van der Waals surface area contributed by atoms with Crippen LogP contribution in [0.1, 0.15) is 76.7 Å². The summed E-state index contributed by atoms with van der Waals surface area (Å²) in [4.78, 5) is 11.7. The molecule has 0 saturated carbocycles. The third-order valence-corrected chi connectivity index (χ3v) is 4.56. The lowest BCUT2D eigenvalue weighted by Crippen LogP contribution is -1.98. The fraction of sp³-hybridized carbons (Fsp3) is 0.393. The number of esters is 1. The highest BCUT2D eigenvalue weighted by Crippen LogP contribution is 2.11. The summed E-state index contributed by atoms with van der Waals surface area (Å²) < 4.78 is 5.08. The van der Waals surface area contributed by atoms with Crippen molar-refractivity contribution in [1.29, 1.82) is 0 Å². The first-order valence-corrected chi connectivity index (χ1v) is 11.5. The maximum Gasteiger partial charge on any atom is 0.310 e. The summed E-state index contributed by atoms with van der Waals surface area (Å²) in [6.07, 6.45) is 30.7. The summed E-state index contributed by atoms with van der Waals surface area (Å²) in [6, 6.07) is 6.69. The van der Waals surface area contributed by atoms with Crippen molar-refractivity contribution < 1.29 is 14.6 Å². The van der Waals surface area contributed by atoms with Gasteiger partial charge in [-0.3, -0.25) is 4.79 Å². The van der Waals surface area contributed by atoms with E-state index in [2.05, 4.69) is 55.5 Å². The van der Waals surface area contributed by atoms with Crippen molar-refractivity contribution in [2.75, 3.05) is 0 Å². The average molecular weight is 423 g/mol. The number of rotatable bonds is 16. The summed E-state index contributed by atoms with van der Waals surface area (Å²) in [5.74, 6) is -0.0168. The summed E-state index contributed by atoms with van der Waals surface area (Å²) in [7, 11) is 0. The fourth-order valence-corrected chi connectivity index (χ4v) is 2.76. The van der Waals surface area contributed by atoms with Gasteiger partial charge in [0.2, 0.25) is 0 Å². The van der Waals surface area contributed by atoms with E-state index in [0.717, 1.165) is 37.7 Å². The van der Waals surface area contributed by atoms with Crippen molar-refractivity contribution in [3.8, 4) is 5.75 Å². The number of phenolic OH excluding ortho intramolecular Hbond substituents is 1. The number of unbranched alkanes of at least 4 members (excludes halogenated alkanes) is 4. The fourth-order valence-electron chi connectivity index (χ4n) is 2.76. The molecule has 1 aromatic carbocycles. The van der Waals surface area contributed by atoms with Gasteiger partial charge in [-0.15, -0.1) is 0 Å². The van der Waals surface area contributed by atoms with Crippen LogP contribution in [0.5, 0.6) is 5.75 Å². The standard InChI is InChI=1S/C28H38O3/c1-2-3-4-5-6-7-8-9-10-11-12-13-14-15-16-17-18-19-28(30)31-25-24-26-20-22-27(29)23-21-26/h6-7,9-10,12-13,15-16,20-25,29H,2-5,8,11,14,17-19H2,1H3/b7-6-,10-9-,13-12-,16-15-,25-24-. The van der Waals surface area contributed by atoms with Gasteiger partial charge in [0, 0.05) is 6.42 Å². The molecule has 3 heteroatoms. The Labute approximate surface area is 188 Å². The van der Waals surface area contributed by atoms with Crippen LogP contribution in [0, 0.1) is 0 Å². The molecule has 168 valence electrons. The van der Waals surface area contributed by atoms with Crippen LogP contribution in [-0.2, 0) is 9.53 Å². The quantitative estimate of drug-likeness (QED) is 0.127. The van der Waals surface area contributed by atoms with E-state index < -0.39 is 0 Å². The number of hydrogen-bond donors (Lipinski definition) is 1. The minimum Gasteiger partial charge on any atom is -0.508 e. The van der Waals surface area contributed by atoms with E-state index in [1.807, 2.05) is 0 Å². The topological polar surface area (TPSA) is 46.5 Å². The lowest BCUT2D eigenvalue weighted by molar-refractivity contribution is -0.138. The van der Waals surface area contributed by atoms with Crippen molar-refractivity contribution in [3.63, 3.8) is 0 Å². The Bertz CT molecular complexity index is 721. The molecule has 0 aliphatic carbocycles. The first kappa shape index (κ1) is 26.2. The van der Waals surface area contributed by atoms with Crippen LogP contribution >= 0.6 is 0 Å². The first-order valence-electron chi connectivity index (χ1n) is 11.5. The van der Waals surface area contributed by atoms with Gasteiger partial charge in [0.05, 0.1) is 6.26 Å². The second kappa shape index (κ2) is 19.2. The molecule has 1 N–H and O–H groups in total. The molecule has 3 nitrogen and oxygen atoms in total. The van der Waals surface area contributed by atoms with Gasteiger partial charge >= 0.3 is 5.97 Å². The molecule has 0 amide bonds. The molecule has 0 radical (unpaired) electrons. The van der Waals surface area contributed by atoms with Gasteiger partial charge in [-0.2, -0.15) is 0 Å². The second-order valence-electron chi connectivity index (χ2n) is 7.36. The third-order valence-electron chi connectivity index (χ3n) is 4.56. The van der Waals surface area contributed by atoms with Gasteiger partial charge in [-0.1, -0.05) is 80.5 Å². The van der Waals surface area contributed by atoms with Gasteiger partial charge in [0.15, 0.2) is 0 Å². The Morgan fingerprint density at radius 3 is 1.94 bits per heavy atom. The monoisotopic (exact) mass is 422 g/mol. The highest BCUT2D eigenvalue weighted by atomic mass is 16.5. The van der Waals surface area contributed by atoms with Crippen LogP contribution in [-0.4, -0.2) is 11.1 Å². The van der Waals surface area contributed by atoms with Gasteiger partial charge in [0.1, 0.15) is 5.75 Å². The minimum atomic E-state index is -0.231. The van der Waals surface area contributed by atoms with E-state index in [9.17, 15) is 9.90 Å². The normalized spacial score (nSPS) is 12.3. The zero-order chi connectivity index (χ0) is 22.4. The van der Waals surface area contributed by atoms with Crippen molar-refractivity contribution in [2.45, 2.75) is 71.1 Å². The van der Waals surface area contributed by atoms with E-state index in [-0.39, 0.29) is 11.7 Å². The van der Waals surface area contributed by atoms with Crippen LogP contribution in [0.15, 0.2) is 79.1 Å². The van der Waals surface area contributed by atoms with Gasteiger partial charge < -0.3 is 9.84 Å². The molecule has 1 aromatic rings. The number of hydrogen-bond acceptors (Lipinski definition) is 3. The predicted octanol–water partition coefficient (Wildman–Crippen LogP) is 8.05. The smallest absolute Gasteiger partial charge is 0.310 e. The second-order valence-corrected chi connectivity index (χ2v) is 7.36. The van der Waals surface area contributed by atoms with Crippen LogP contribution in [0.3, 0.4) is 0 Å². The number of benzene rings is 1. The Balaban J connectivity index is 1.98. The molecule has 0 heterocycles. The summed E-state index contributed by atoms with van der Waals surface area (Å²) in [6.45, 7) is 2.23. The molecule has 0 unspecified atom stereocenters. The molecule has 31 heavy (non-hydrogen) atoms. The molecule has 0 aliphatic rings. The number of aromatic hydroxyl groups is 1. The Morgan fingerprint density at radius 1 is 0.806 bits per heavy atom. The minimum absolute atomic E-state index is 0.214. The van der Waals surface area contributed by atoms with E-state index in [1.165, 1.54) is 31.9 Å². The van der Waals surface area contributed by atoms with Crippen molar-refractivity contribution in [3.05, 3.63) is 84.7 Å². The molecule has 0 bridgehead atoms. The third kappa shape index (κ3) is 16.7. The van der Waals surface area contributed by atoms with E-state index in [4.69, 9.17) is 4.74 Å². The number of ether oxygens (including phenoxy) is 1. The molecule has 1 rings (SSSR count). The number of phenols is 1. The largest absolute Gasteiger partial charge is 0.508 e. The number of allylic oxidation sites excluding steroid dienone is 8. The van der Waals surface area contributed by atoms with E-state index in [1.54, 1.807) is 30.3 Å². The molecular weight excluding hydrogens is 384 g/mol. The van der Waals surface area contributed by atoms with Crippen LogP contribution in [0.2, 0.25) is 0 Å². The van der Waals surface area contributed by atoms with Crippen molar-refractivity contribution in [2.24, 2.45) is 0 Å². The van der Waals surface area contributed by atoms with Crippen molar-refractivity contribution in [1.82, 2.24) is 0 Å². The maximum atomic E-state index is 11.7. The average Bonchev–Trinajstić information content (AvgIpc) is 2.77. The van der Waals surface area contributed by atoms with Crippen LogP contribution in [0.4, 0.5) is 0 Å². The van der Waals surface area contributed by atoms with E-state index >= 15 is 0 Å². The molecular formula is C28H38O3. The lowest BCUT2D eigenvalue weighted by Gasteiger charge is -1.98. The Hall–Kier alpha value is -2.81. The first-order chi connectivity index (χ1) is 15.2. The molecule has 0 spiro atoms. The molecule has 0 fully saturated rings. The van der Waals surface area contributed by atoms with Gasteiger partial charge in [0.25, 0.3) is 0 Å². The zero-order valence-corrected chi connectivity index (χ0v) is 18.9. The predicted molar refractivity (Wildman–Crippen MR) is 132 cm³/mol. The molecule has 0 aliphatic heterocycles.